The molecule has 2 amide bonds. The highest BCUT2D eigenvalue weighted by molar-refractivity contribution is 6.35. The van der Waals surface area contributed by atoms with E-state index in [4.69, 9.17) is 5.73 Å². The topological polar surface area (TPSA) is 97.1 Å². The number of hydrogen-bond acceptors (Lipinski definition) is 4. The Kier molecular flexibility index (Phi) is 4.62. The van der Waals surface area contributed by atoms with Gasteiger partial charge in [-0.15, -0.1) is 0 Å². The SMILES string of the molecule is NCCNC(=O)C(=O)NCc1cccc2cccnc12. The summed E-state index contributed by atoms with van der Waals surface area (Å²) < 4.78 is 0. The number of para-hydroxylation sites is 1. The molecule has 0 fully saturated rings. The quantitative estimate of drug-likeness (QED) is 0.678. The summed E-state index contributed by atoms with van der Waals surface area (Å²) in [6.07, 6.45) is 1.70. The van der Waals surface area contributed by atoms with Gasteiger partial charge in [-0.25, -0.2) is 0 Å². The number of nitrogens with two attached hydrogens (primary N) is 1. The van der Waals surface area contributed by atoms with E-state index in [0.717, 1.165) is 16.5 Å². The fourth-order valence-electron chi connectivity index (χ4n) is 1.83. The molecule has 0 aliphatic rings. The molecule has 1 heterocycles. The number of carbonyl (C=O) groups is 2. The molecule has 0 atom stereocenters. The molecule has 6 heteroatoms. The van der Waals surface area contributed by atoms with Gasteiger partial charge in [-0.3, -0.25) is 14.6 Å². The summed E-state index contributed by atoms with van der Waals surface area (Å²) in [5, 5.41) is 5.97. The van der Waals surface area contributed by atoms with Crippen molar-refractivity contribution in [2.45, 2.75) is 6.54 Å². The van der Waals surface area contributed by atoms with E-state index < -0.39 is 11.8 Å². The Balaban J connectivity index is 2.02. The molecule has 0 saturated carbocycles. The van der Waals surface area contributed by atoms with E-state index in [2.05, 4.69) is 15.6 Å². The molecule has 1 aromatic carbocycles. The molecule has 2 aromatic rings. The summed E-state index contributed by atoms with van der Waals surface area (Å²) in [5.41, 5.74) is 6.93. The highest BCUT2D eigenvalue weighted by atomic mass is 16.2. The zero-order chi connectivity index (χ0) is 14.4. The van der Waals surface area contributed by atoms with Crippen molar-refractivity contribution in [2.24, 2.45) is 5.73 Å². The molecule has 0 aliphatic heterocycles. The number of benzene rings is 1. The van der Waals surface area contributed by atoms with Crippen LogP contribution < -0.4 is 16.4 Å². The maximum atomic E-state index is 11.6. The minimum Gasteiger partial charge on any atom is -0.347 e. The monoisotopic (exact) mass is 272 g/mol. The van der Waals surface area contributed by atoms with Gasteiger partial charge in [0, 0.05) is 31.2 Å². The first-order valence-electron chi connectivity index (χ1n) is 6.31. The van der Waals surface area contributed by atoms with Crippen molar-refractivity contribution in [3.05, 3.63) is 42.1 Å². The Bertz CT molecular complexity index is 622. The molecule has 0 spiro atoms. The third-order valence-corrected chi connectivity index (χ3v) is 2.79. The second-order valence-corrected chi connectivity index (χ2v) is 4.22. The molecule has 0 radical (unpaired) electrons. The molecule has 6 nitrogen and oxygen atoms in total. The average molecular weight is 272 g/mol. The van der Waals surface area contributed by atoms with Crippen LogP contribution >= 0.6 is 0 Å². The Morgan fingerprint density at radius 3 is 2.65 bits per heavy atom. The van der Waals surface area contributed by atoms with Crippen molar-refractivity contribution in [3.63, 3.8) is 0 Å². The summed E-state index contributed by atoms with van der Waals surface area (Å²) in [4.78, 5) is 27.3. The Morgan fingerprint density at radius 2 is 1.85 bits per heavy atom. The highest BCUT2D eigenvalue weighted by Crippen LogP contribution is 2.15. The fourth-order valence-corrected chi connectivity index (χ4v) is 1.83. The van der Waals surface area contributed by atoms with E-state index in [0.29, 0.717) is 6.54 Å². The summed E-state index contributed by atoms with van der Waals surface area (Å²) in [5.74, 6) is -1.35. The first-order valence-corrected chi connectivity index (χ1v) is 6.31. The third kappa shape index (κ3) is 3.30. The normalized spacial score (nSPS) is 10.2. The lowest BCUT2D eigenvalue weighted by molar-refractivity contribution is -0.139. The Morgan fingerprint density at radius 1 is 1.10 bits per heavy atom. The molecular weight excluding hydrogens is 256 g/mol. The van der Waals surface area contributed by atoms with Crippen LogP contribution in [0.2, 0.25) is 0 Å². The van der Waals surface area contributed by atoms with E-state index in [-0.39, 0.29) is 13.1 Å². The number of nitrogens with one attached hydrogen (secondary N) is 2. The molecular formula is C14H16N4O2. The van der Waals surface area contributed by atoms with Crippen LogP contribution in [0, 0.1) is 0 Å². The summed E-state index contributed by atoms with van der Waals surface area (Å²) in [6.45, 7) is 0.831. The van der Waals surface area contributed by atoms with Crippen molar-refractivity contribution >= 4 is 22.7 Å². The van der Waals surface area contributed by atoms with E-state index in [1.165, 1.54) is 0 Å². The molecule has 0 saturated heterocycles. The van der Waals surface area contributed by atoms with Crippen molar-refractivity contribution < 1.29 is 9.59 Å². The van der Waals surface area contributed by atoms with Crippen molar-refractivity contribution in [2.75, 3.05) is 13.1 Å². The number of fused-ring (bicyclic) bond motifs is 1. The predicted octanol–water partition coefficient (Wildman–Crippen LogP) is -0.0741. The molecule has 0 bridgehead atoms. The smallest absolute Gasteiger partial charge is 0.309 e. The van der Waals surface area contributed by atoms with Crippen molar-refractivity contribution in [3.8, 4) is 0 Å². The van der Waals surface area contributed by atoms with Gasteiger partial charge in [0.1, 0.15) is 0 Å². The number of pyridine rings is 1. The number of carbonyl (C=O) groups excluding carboxylic acids is 2. The van der Waals surface area contributed by atoms with E-state index in [9.17, 15) is 9.59 Å². The van der Waals surface area contributed by atoms with Crippen LogP contribution in [-0.4, -0.2) is 29.9 Å². The van der Waals surface area contributed by atoms with Gasteiger partial charge in [-0.05, 0) is 11.6 Å². The van der Waals surface area contributed by atoms with Crippen LogP contribution in [0.4, 0.5) is 0 Å². The first-order chi connectivity index (χ1) is 9.72. The van der Waals surface area contributed by atoms with Crippen LogP contribution in [0.3, 0.4) is 0 Å². The molecule has 2 rings (SSSR count). The number of amides is 2. The third-order valence-electron chi connectivity index (χ3n) is 2.79. The summed E-state index contributed by atoms with van der Waals surface area (Å²) in [7, 11) is 0. The minimum absolute atomic E-state index is 0.253. The summed E-state index contributed by atoms with van der Waals surface area (Å²) >= 11 is 0. The van der Waals surface area contributed by atoms with Crippen LogP contribution in [-0.2, 0) is 16.1 Å². The molecule has 104 valence electrons. The lowest BCUT2D eigenvalue weighted by Crippen LogP contribution is -2.41. The maximum absolute atomic E-state index is 11.6. The number of hydrogen-bond donors (Lipinski definition) is 3. The van der Waals surface area contributed by atoms with Gasteiger partial charge in [0.25, 0.3) is 0 Å². The molecule has 1 aromatic heterocycles. The first kappa shape index (κ1) is 14.0. The van der Waals surface area contributed by atoms with Gasteiger partial charge in [0.2, 0.25) is 0 Å². The number of nitrogens with zero attached hydrogens (tertiary/aromatic N) is 1. The van der Waals surface area contributed by atoms with Gasteiger partial charge >= 0.3 is 11.8 Å². The minimum atomic E-state index is -0.677. The average Bonchev–Trinajstić information content (AvgIpc) is 2.50. The standard InChI is InChI=1S/C14H16N4O2/c15-6-8-17-13(19)14(20)18-9-11-4-1-3-10-5-2-7-16-12(10)11/h1-5,7H,6,8-9,15H2,(H,17,19)(H,18,20). The van der Waals surface area contributed by atoms with Crippen LogP contribution in [0.15, 0.2) is 36.5 Å². The summed E-state index contributed by atoms with van der Waals surface area (Å²) in [6, 6.07) is 9.50. The maximum Gasteiger partial charge on any atom is 0.309 e. The molecule has 0 aliphatic carbocycles. The van der Waals surface area contributed by atoms with Gasteiger partial charge in [0.15, 0.2) is 0 Å². The Labute approximate surface area is 116 Å². The highest BCUT2D eigenvalue weighted by Gasteiger charge is 2.12. The number of aromatic nitrogens is 1. The molecule has 0 unspecified atom stereocenters. The van der Waals surface area contributed by atoms with E-state index in [1.54, 1.807) is 6.20 Å². The number of rotatable bonds is 4. The fraction of sp³-hybridized carbons (Fsp3) is 0.214. The largest absolute Gasteiger partial charge is 0.347 e. The zero-order valence-electron chi connectivity index (χ0n) is 10.9. The van der Waals surface area contributed by atoms with Crippen molar-refractivity contribution in [1.82, 2.24) is 15.6 Å². The second-order valence-electron chi connectivity index (χ2n) is 4.22. The molecule has 20 heavy (non-hydrogen) atoms. The molecule has 4 N–H and O–H groups in total. The van der Waals surface area contributed by atoms with Gasteiger partial charge < -0.3 is 16.4 Å². The van der Waals surface area contributed by atoms with E-state index >= 15 is 0 Å². The van der Waals surface area contributed by atoms with Gasteiger partial charge in [-0.2, -0.15) is 0 Å². The van der Waals surface area contributed by atoms with Crippen LogP contribution in [0.5, 0.6) is 0 Å². The van der Waals surface area contributed by atoms with Crippen LogP contribution in [0.25, 0.3) is 10.9 Å². The van der Waals surface area contributed by atoms with Crippen molar-refractivity contribution in [1.29, 1.82) is 0 Å². The van der Waals surface area contributed by atoms with Gasteiger partial charge in [0.05, 0.1) is 5.52 Å². The second kappa shape index (κ2) is 6.63. The lowest BCUT2D eigenvalue weighted by atomic mass is 10.1. The predicted molar refractivity (Wildman–Crippen MR) is 75.7 cm³/mol. The van der Waals surface area contributed by atoms with Gasteiger partial charge in [-0.1, -0.05) is 24.3 Å². The zero-order valence-corrected chi connectivity index (χ0v) is 10.9. The van der Waals surface area contributed by atoms with E-state index in [1.807, 2.05) is 30.3 Å². The Hall–Kier alpha value is -2.47. The lowest BCUT2D eigenvalue weighted by Gasteiger charge is -2.07. The van der Waals surface area contributed by atoms with Crippen LogP contribution in [0.1, 0.15) is 5.56 Å².